The van der Waals surface area contributed by atoms with Gasteiger partial charge in [-0.05, 0) is 23.1 Å². The molecule has 148 valence electrons. The normalized spacial score (nSPS) is 15.0. The lowest BCUT2D eigenvalue weighted by atomic mass is 9.98. The zero-order chi connectivity index (χ0) is 20.3. The summed E-state index contributed by atoms with van der Waals surface area (Å²) in [6.07, 6.45) is 1.68. The molecule has 1 aromatic carbocycles. The van der Waals surface area contributed by atoms with E-state index in [0.29, 0.717) is 31.0 Å². The molecule has 0 spiro atoms. The Kier molecular flexibility index (Phi) is 5.89. The summed E-state index contributed by atoms with van der Waals surface area (Å²) in [5.41, 5.74) is 2.20. The third kappa shape index (κ3) is 4.28. The second-order valence-electron chi connectivity index (χ2n) is 7.25. The molecule has 1 aliphatic heterocycles. The number of rotatable bonds is 6. The Bertz CT molecular complexity index is 859. The number of hydrogen-bond donors (Lipinski definition) is 1. The molecule has 2 heterocycles. The SMILES string of the molecule is CC(C)c1ccnc(N2CCN(Cc3ccc([N+](=O)[O-])cc3)CC2)c1C(=O)O. The van der Waals surface area contributed by atoms with Crippen LogP contribution in [0.4, 0.5) is 11.5 Å². The number of carboxylic acid groups (broad SMARTS) is 1. The van der Waals surface area contributed by atoms with Gasteiger partial charge < -0.3 is 10.0 Å². The lowest BCUT2D eigenvalue weighted by Gasteiger charge is -2.36. The fraction of sp³-hybridized carbons (Fsp3) is 0.400. The van der Waals surface area contributed by atoms with Gasteiger partial charge >= 0.3 is 5.97 Å². The summed E-state index contributed by atoms with van der Waals surface area (Å²) in [5.74, 6) is -0.301. The van der Waals surface area contributed by atoms with Crippen LogP contribution in [0.5, 0.6) is 0 Å². The molecule has 3 rings (SSSR count). The van der Waals surface area contributed by atoms with E-state index in [9.17, 15) is 20.0 Å². The van der Waals surface area contributed by atoms with Crippen LogP contribution in [0.1, 0.15) is 41.3 Å². The lowest BCUT2D eigenvalue weighted by molar-refractivity contribution is -0.384. The van der Waals surface area contributed by atoms with E-state index >= 15 is 0 Å². The number of hydrogen-bond acceptors (Lipinski definition) is 6. The third-order valence-corrected chi connectivity index (χ3v) is 5.02. The summed E-state index contributed by atoms with van der Waals surface area (Å²) in [6.45, 7) is 7.56. The first-order valence-corrected chi connectivity index (χ1v) is 9.29. The number of anilines is 1. The number of piperazine rings is 1. The van der Waals surface area contributed by atoms with Gasteiger partial charge in [-0.2, -0.15) is 0 Å². The predicted octanol–water partition coefficient (Wildman–Crippen LogP) is 3.13. The predicted molar refractivity (Wildman–Crippen MR) is 106 cm³/mol. The smallest absolute Gasteiger partial charge is 0.339 e. The van der Waals surface area contributed by atoms with Crippen LogP contribution in [0.25, 0.3) is 0 Å². The molecular weight excluding hydrogens is 360 g/mol. The summed E-state index contributed by atoms with van der Waals surface area (Å²) in [6, 6.07) is 8.38. The number of nitro benzene ring substituents is 1. The van der Waals surface area contributed by atoms with Crippen LogP contribution >= 0.6 is 0 Å². The molecule has 1 N–H and O–H groups in total. The minimum absolute atomic E-state index is 0.0888. The van der Waals surface area contributed by atoms with Gasteiger partial charge in [-0.1, -0.05) is 26.0 Å². The van der Waals surface area contributed by atoms with Gasteiger partial charge in [-0.15, -0.1) is 0 Å². The highest BCUT2D eigenvalue weighted by atomic mass is 16.6. The molecule has 1 saturated heterocycles. The van der Waals surface area contributed by atoms with E-state index in [1.807, 2.05) is 18.7 Å². The van der Waals surface area contributed by atoms with Crippen molar-refractivity contribution in [1.29, 1.82) is 0 Å². The number of carbonyl (C=O) groups is 1. The van der Waals surface area contributed by atoms with Crippen LogP contribution < -0.4 is 4.90 Å². The van der Waals surface area contributed by atoms with Crippen molar-refractivity contribution in [2.75, 3.05) is 31.1 Å². The molecule has 0 bridgehead atoms. The summed E-state index contributed by atoms with van der Waals surface area (Å²) < 4.78 is 0. The first-order valence-electron chi connectivity index (χ1n) is 9.29. The van der Waals surface area contributed by atoms with Crippen molar-refractivity contribution in [3.8, 4) is 0 Å². The van der Waals surface area contributed by atoms with Crippen molar-refractivity contribution in [3.05, 3.63) is 63.3 Å². The molecule has 0 amide bonds. The van der Waals surface area contributed by atoms with Crippen molar-refractivity contribution < 1.29 is 14.8 Å². The van der Waals surface area contributed by atoms with Crippen LogP contribution in [0.3, 0.4) is 0 Å². The van der Waals surface area contributed by atoms with Crippen molar-refractivity contribution in [2.24, 2.45) is 0 Å². The second-order valence-corrected chi connectivity index (χ2v) is 7.25. The van der Waals surface area contributed by atoms with Gasteiger partial charge in [0.15, 0.2) is 0 Å². The highest BCUT2D eigenvalue weighted by molar-refractivity contribution is 5.95. The number of aromatic carboxylic acids is 1. The molecule has 0 radical (unpaired) electrons. The van der Waals surface area contributed by atoms with Crippen molar-refractivity contribution in [1.82, 2.24) is 9.88 Å². The van der Waals surface area contributed by atoms with Crippen molar-refractivity contribution in [2.45, 2.75) is 26.3 Å². The number of non-ortho nitro benzene ring substituents is 1. The quantitative estimate of drug-likeness (QED) is 0.603. The van der Waals surface area contributed by atoms with Crippen LogP contribution in [-0.4, -0.2) is 52.1 Å². The zero-order valence-corrected chi connectivity index (χ0v) is 16.0. The van der Waals surface area contributed by atoms with E-state index in [1.54, 1.807) is 24.4 Å². The summed E-state index contributed by atoms with van der Waals surface area (Å²) in [5, 5.41) is 20.5. The van der Waals surface area contributed by atoms with Crippen LogP contribution in [0.2, 0.25) is 0 Å². The number of nitro groups is 1. The molecule has 0 saturated carbocycles. The maximum atomic E-state index is 11.8. The standard InChI is InChI=1S/C20H24N4O4/c1-14(2)17-7-8-21-19(18(17)20(25)26)23-11-9-22(10-12-23)13-15-3-5-16(6-4-15)24(27)28/h3-8,14H,9-13H2,1-2H3,(H,25,26). The summed E-state index contributed by atoms with van der Waals surface area (Å²) in [7, 11) is 0. The van der Waals surface area contributed by atoms with Crippen molar-refractivity contribution >= 4 is 17.5 Å². The maximum Gasteiger partial charge on any atom is 0.339 e. The molecule has 0 atom stereocenters. The Morgan fingerprint density at radius 1 is 1.18 bits per heavy atom. The van der Waals surface area contributed by atoms with E-state index < -0.39 is 10.9 Å². The Hall–Kier alpha value is -3.00. The zero-order valence-electron chi connectivity index (χ0n) is 16.0. The van der Waals surface area contributed by atoms with Crippen LogP contribution in [-0.2, 0) is 6.54 Å². The molecule has 1 fully saturated rings. The Labute approximate surface area is 163 Å². The van der Waals surface area contributed by atoms with Crippen LogP contribution in [0.15, 0.2) is 36.5 Å². The Balaban J connectivity index is 1.68. The average molecular weight is 384 g/mol. The molecule has 8 nitrogen and oxygen atoms in total. The molecule has 2 aromatic rings. The molecule has 8 heteroatoms. The highest BCUT2D eigenvalue weighted by Crippen LogP contribution is 2.28. The number of aromatic nitrogens is 1. The first kappa shape index (κ1) is 19.8. The second kappa shape index (κ2) is 8.35. The van der Waals surface area contributed by atoms with E-state index in [4.69, 9.17) is 0 Å². The number of nitrogens with zero attached hydrogens (tertiary/aromatic N) is 4. The fourth-order valence-corrected chi connectivity index (χ4v) is 3.50. The van der Waals surface area contributed by atoms with E-state index in [2.05, 4.69) is 9.88 Å². The van der Waals surface area contributed by atoms with Gasteiger partial charge in [0, 0.05) is 51.1 Å². The molecule has 28 heavy (non-hydrogen) atoms. The molecule has 1 aromatic heterocycles. The minimum atomic E-state index is -0.944. The molecule has 1 aliphatic rings. The van der Waals surface area contributed by atoms with Crippen LogP contribution in [0, 0.1) is 10.1 Å². The average Bonchev–Trinajstić information content (AvgIpc) is 2.68. The highest BCUT2D eigenvalue weighted by Gasteiger charge is 2.25. The van der Waals surface area contributed by atoms with Gasteiger partial charge in [0.1, 0.15) is 11.4 Å². The Morgan fingerprint density at radius 2 is 1.82 bits per heavy atom. The summed E-state index contributed by atoms with van der Waals surface area (Å²) >= 11 is 0. The topological polar surface area (TPSA) is 99.8 Å². The van der Waals surface area contributed by atoms with Gasteiger partial charge in [-0.25, -0.2) is 9.78 Å². The van der Waals surface area contributed by atoms with E-state index in [-0.39, 0.29) is 11.6 Å². The number of carboxylic acids is 1. The Morgan fingerprint density at radius 3 is 2.36 bits per heavy atom. The number of benzene rings is 1. The van der Waals surface area contributed by atoms with E-state index in [0.717, 1.165) is 24.2 Å². The monoisotopic (exact) mass is 384 g/mol. The molecular formula is C20H24N4O4. The van der Waals surface area contributed by atoms with Gasteiger partial charge in [0.2, 0.25) is 0 Å². The van der Waals surface area contributed by atoms with E-state index in [1.165, 1.54) is 12.1 Å². The largest absolute Gasteiger partial charge is 0.478 e. The van der Waals surface area contributed by atoms with Gasteiger partial charge in [0.05, 0.1) is 4.92 Å². The van der Waals surface area contributed by atoms with Gasteiger partial charge in [-0.3, -0.25) is 15.0 Å². The lowest BCUT2D eigenvalue weighted by Crippen LogP contribution is -2.46. The molecule has 0 aliphatic carbocycles. The third-order valence-electron chi connectivity index (χ3n) is 5.02. The summed E-state index contributed by atoms with van der Waals surface area (Å²) in [4.78, 5) is 30.8. The van der Waals surface area contributed by atoms with Crippen molar-refractivity contribution in [3.63, 3.8) is 0 Å². The minimum Gasteiger partial charge on any atom is -0.478 e. The first-order chi connectivity index (χ1) is 13.4. The number of pyridine rings is 1. The fourth-order valence-electron chi connectivity index (χ4n) is 3.50. The molecule has 0 unspecified atom stereocenters. The maximum absolute atomic E-state index is 11.8. The van der Waals surface area contributed by atoms with Gasteiger partial charge in [0.25, 0.3) is 5.69 Å².